The second-order valence-electron chi connectivity index (χ2n) is 8.89. The van der Waals surface area contributed by atoms with Crippen LogP contribution in [0.25, 0.3) is 0 Å². The molecule has 8 heteroatoms. The summed E-state index contributed by atoms with van der Waals surface area (Å²) in [5.74, 6) is 1.49. The highest BCUT2D eigenvalue weighted by atomic mass is 19.1. The highest BCUT2D eigenvalue weighted by Crippen LogP contribution is 2.32. The zero-order chi connectivity index (χ0) is 22.1. The van der Waals surface area contributed by atoms with Gasteiger partial charge in [0.1, 0.15) is 11.9 Å². The van der Waals surface area contributed by atoms with Gasteiger partial charge in [-0.2, -0.15) is 0 Å². The Kier molecular flexibility index (Phi) is 5.97. The molecule has 1 atom stereocenters. The van der Waals surface area contributed by atoms with Crippen LogP contribution >= 0.6 is 0 Å². The van der Waals surface area contributed by atoms with E-state index >= 15 is 0 Å². The maximum Gasteiger partial charge on any atom is 0.250 e. The van der Waals surface area contributed by atoms with Crippen LogP contribution in [0.3, 0.4) is 0 Å². The predicted molar refractivity (Wildman–Crippen MR) is 121 cm³/mol. The Bertz CT molecular complexity index is 990. The van der Waals surface area contributed by atoms with Crippen molar-refractivity contribution in [3.05, 3.63) is 47.4 Å². The summed E-state index contributed by atoms with van der Waals surface area (Å²) < 4.78 is 19.7. The molecule has 3 N–H and O–H groups in total. The average molecular weight is 440 g/mol. The van der Waals surface area contributed by atoms with Crippen molar-refractivity contribution in [1.29, 1.82) is 0 Å². The second-order valence-corrected chi connectivity index (χ2v) is 8.89. The lowest BCUT2D eigenvalue weighted by Crippen LogP contribution is -2.34. The van der Waals surface area contributed by atoms with E-state index in [0.717, 1.165) is 38.0 Å². The van der Waals surface area contributed by atoms with Crippen LogP contribution in [0.15, 0.2) is 30.3 Å². The summed E-state index contributed by atoms with van der Waals surface area (Å²) in [6.45, 7) is 5.01. The average Bonchev–Trinajstić information content (AvgIpc) is 3.34. The van der Waals surface area contributed by atoms with E-state index in [4.69, 9.17) is 9.72 Å². The first-order chi connectivity index (χ1) is 15.6. The maximum absolute atomic E-state index is 14.1. The lowest BCUT2D eigenvalue weighted by molar-refractivity contribution is -0.117. The van der Waals surface area contributed by atoms with Crippen LogP contribution in [0.2, 0.25) is 0 Å². The Labute approximate surface area is 187 Å². The molecule has 3 aliphatic rings. The number of amides is 1. The Morgan fingerprint density at radius 1 is 1.19 bits per heavy atom. The van der Waals surface area contributed by atoms with Gasteiger partial charge in [-0.3, -0.25) is 20.5 Å². The molecule has 1 saturated carbocycles. The molecule has 1 amide bonds. The number of carbonyl (C=O) groups is 1. The molecule has 2 saturated heterocycles. The molecule has 0 bridgehead atoms. The van der Waals surface area contributed by atoms with Gasteiger partial charge in [0.2, 0.25) is 0 Å². The standard InChI is InChI=1S/C24H30FN5O2/c1-2-20-18(16-12-26-27-13-16)6-8-23(29-20)30-10-9-21(24(30)31)28-17-5-7-19(25)22(11-17)32-14-15-3-4-15/h5-8,11,15-16,21,26-28H,2-4,9-10,12-14H2,1H3. The third-order valence-electron chi connectivity index (χ3n) is 6.52. The minimum Gasteiger partial charge on any atom is -0.490 e. The zero-order valence-electron chi connectivity index (χ0n) is 18.4. The first kappa shape index (κ1) is 21.2. The van der Waals surface area contributed by atoms with Crippen LogP contribution in [-0.2, 0) is 11.2 Å². The van der Waals surface area contributed by atoms with Crippen molar-refractivity contribution < 1.29 is 13.9 Å². The second kappa shape index (κ2) is 9.03. The van der Waals surface area contributed by atoms with Gasteiger partial charge in [0.05, 0.1) is 6.61 Å². The van der Waals surface area contributed by atoms with Gasteiger partial charge in [-0.05, 0) is 55.4 Å². The minimum absolute atomic E-state index is 0.0127. The van der Waals surface area contributed by atoms with Gasteiger partial charge in [0.25, 0.3) is 5.91 Å². The van der Waals surface area contributed by atoms with Crippen molar-refractivity contribution in [2.75, 3.05) is 36.5 Å². The number of carbonyl (C=O) groups excluding carboxylic acids is 1. The number of nitrogens with zero attached hydrogens (tertiary/aromatic N) is 2. The van der Waals surface area contributed by atoms with Gasteiger partial charge in [-0.25, -0.2) is 9.37 Å². The quantitative estimate of drug-likeness (QED) is 0.587. The smallest absolute Gasteiger partial charge is 0.250 e. The van der Waals surface area contributed by atoms with Crippen LogP contribution in [-0.4, -0.2) is 43.2 Å². The molecule has 0 spiro atoms. The summed E-state index contributed by atoms with van der Waals surface area (Å²) in [6.07, 6.45) is 3.78. The third-order valence-corrected chi connectivity index (χ3v) is 6.52. The molecule has 1 aromatic heterocycles. The number of rotatable bonds is 8. The van der Waals surface area contributed by atoms with Crippen LogP contribution in [0.4, 0.5) is 15.9 Å². The monoisotopic (exact) mass is 439 g/mol. The zero-order valence-corrected chi connectivity index (χ0v) is 18.4. The van der Waals surface area contributed by atoms with E-state index in [1.54, 1.807) is 17.0 Å². The molecule has 0 radical (unpaired) electrons. The highest BCUT2D eigenvalue weighted by molar-refractivity contribution is 6.00. The van der Waals surface area contributed by atoms with Crippen LogP contribution in [0.1, 0.15) is 43.4 Å². The number of pyridine rings is 1. The van der Waals surface area contributed by atoms with E-state index in [2.05, 4.69) is 29.2 Å². The Morgan fingerprint density at radius 3 is 2.75 bits per heavy atom. The van der Waals surface area contributed by atoms with E-state index < -0.39 is 0 Å². The van der Waals surface area contributed by atoms with Gasteiger partial charge >= 0.3 is 0 Å². The highest BCUT2D eigenvalue weighted by Gasteiger charge is 2.34. The van der Waals surface area contributed by atoms with Gasteiger partial charge in [0.15, 0.2) is 11.6 Å². The number of ether oxygens (including phenoxy) is 1. The summed E-state index contributed by atoms with van der Waals surface area (Å²) in [7, 11) is 0. The first-order valence-electron chi connectivity index (χ1n) is 11.6. The lowest BCUT2D eigenvalue weighted by Gasteiger charge is -2.20. The van der Waals surface area contributed by atoms with Crippen molar-refractivity contribution in [2.45, 2.75) is 44.6 Å². The number of hydrogen-bond donors (Lipinski definition) is 3. The number of aromatic nitrogens is 1. The number of hydrazine groups is 1. The maximum atomic E-state index is 14.1. The number of anilines is 2. The summed E-state index contributed by atoms with van der Waals surface area (Å²) >= 11 is 0. The third kappa shape index (κ3) is 4.42. The fourth-order valence-electron chi connectivity index (χ4n) is 4.43. The summed E-state index contributed by atoms with van der Waals surface area (Å²) in [5.41, 5.74) is 9.30. The molecule has 3 fully saturated rings. The molecule has 1 unspecified atom stereocenters. The largest absolute Gasteiger partial charge is 0.490 e. The normalized spacial score (nSPS) is 21.4. The SMILES string of the molecule is CCc1nc(N2CCC(Nc3ccc(F)c(OCC4CC4)c3)C2=O)ccc1C1CNNC1. The van der Waals surface area contributed by atoms with Crippen molar-refractivity contribution in [3.63, 3.8) is 0 Å². The van der Waals surface area contributed by atoms with Crippen molar-refractivity contribution in [1.82, 2.24) is 15.8 Å². The molecule has 1 aromatic carbocycles. The molecule has 32 heavy (non-hydrogen) atoms. The Hall–Kier alpha value is -2.71. The molecular weight excluding hydrogens is 409 g/mol. The fraction of sp³-hybridized carbons (Fsp3) is 0.500. The Morgan fingerprint density at radius 2 is 2.00 bits per heavy atom. The fourth-order valence-corrected chi connectivity index (χ4v) is 4.43. The number of hydrogen-bond acceptors (Lipinski definition) is 6. The van der Waals surface area contributed by atoms with Crippen molar-refractivity contribution >= 4 is 17.4 Å². The van der Waals surface area contributed by atoms with Crippen LogP contribution < -0.4 is 25.8 Å². The molecule has 7 nitrogen and oxygen atoms in total. The minimum atomic E-state index is -0.375. The topological polar surface area (TPSA) is 78.5 Å². The molecule has 3 heterocycles. The summed E-state index contributed by atoms with van der Waals surface area (Å²) in [5, 5.41) is 3.26. The molecule has 170 valence electrons. The van der Waals surface area contributed by atoms with E-state index in [1.165, 1.54) is 11.6 Å². The van der Waals surface area contributed by atoms with E-state index in [-0.39, 0.29) is 23.5 Å². The molecular formula is C24H30FN5O2. The molecule has 5 rings (SSSR count). The number of nitrogens with one attached hydrogen (secondary N) is 3. The van der Waals surface area contributed by atoms with Crippen molar-refractivity contribution in [3.8, 4) is 5.75 Å². The summed E-state index contributed by atoms with van der Waals surface area (Å²) in [4.78, 5) is 19.7. The van der Waals surface area contributed by atoms with Gasteiger partial charge in [-0.15, -0.1) is 0 Å². The molecule has 1 aliphatic carbocycles. The Balaban J connectivity index is 1.27. The van der Waals surface area contributed by atoms with Gasteiger partial charge in [-0.1, -0.05) is 13.0 Å². The van der Waals surface area contributed by atoms with Gasteiger partial charge in [0, 0.05) is 43.0 Å². The number of aryl methyl sites for hydroxylation is 1. The van der Waals surface area contributed by atoms with Crippen LogP contribution in [0.5, 0.6) is 5.75 Å². The van der Waals surface area contributed by atoms with E-state index in [1.807, 2.05) is 6.07 Å². The van der Waals surface area contributed by atoms with Gasteiger partial charge < -0.3 is 10.1 Å². The van der Waals surface area contributed by atoms with Crippen LogP contribution in [0, 0.1) is 11.7 Å². The molecule has 2 aliphatic heterocycles. The molecule has 2 aromatic rings. The van der Waals surface area contributed by atoms with E-state index in [9.17, 15) is 9.18 Å². The number of benzene rings is 1. The van der Waals surface area contributed by atoms with E-state index in [0.29, 0.717) is 42.9 Å². The summed E-state index contributed by atoms with van der Waals surface area (Å²) in [6, 6.07) is 8.39. The van der Waals surface area contributed by atoms with Crippen molar-refractivity contribution in [2.24, 2.45) is 5.92 Å². The first-order valence-corrected chi connectivity index (χ1v) is 11.6. The predicted octanol–water partition coefficient (Wildman–Crippen LogP) is 2.98. The number of halogens is 1. The lowest BCUT2D eigenvalue weighted by atomic mass is 9.97.